The number of hydrogen-bond acceptors (Lipinski definition) is 3. The third-order valence-electron chi connectivity index (χ3n) is 1.60. The number of benzene rings is 1. The van der Waals surface area contributed by atoms with Gasteiger partial charge in [-0.3, -0.25) is 4.79 Å². The van der Waals surface area contributed by atoms with Gasteiger partial charge in [0.05, 0.1) is 7.39 Å². The Hall–Kier alpha value is -1.35. The zero-order chi connectivity index (χ0) is 11.6. The van der Waals surface area contributed by atoms with Gasteiger partial charge in [0, 0.05) is 1.37 Å². The van der Waals surface area contributed by atoms with Crippen LogP contribution in [0.2, 0.25) is 0 Å². The van der Waals surface area contributed by atoms with Crippen molar-refractivity contribution in [2.75, 3.05) is 0 Å². The molecule has 2 atom stereocenters. The second-order valence-electron chi connectivity index (χ2n) is 2.75. The summed E-state index contributed by atoms with van der Waals surface area (Å²) in [7, 11) is 0. The highest BCUT2D eigenvalue weighted by Crippen LogP contribution is 2.12. The Bertz CT molecular complexity index is 379. The number of ketones is 1. The summed E-state index contributed by atoms with van der Waals surface area (Å²) in [6, 6.07) is 3.90. The van der Waals surface area contributed by atoms with Crippen LogP contribution in [0.25, 0.3) is 0 Å². The number of phenolic OH excluding ortho intramolecular Hbond substituents is 1. The number of nitrogens with two attached hydrogens (primary N) is 1. The van der Waals surface area contributed by atoms with E-state index in [0.717, 1.165) is 0 Å². The Morgan fingerprint density at radius 3 is 3.08 bits per heavy atom. The first-order chi connectivity index (χ1) is 6.85. The largest absolute Gasteiger partial charge is 0.508 e. The summed E-state index contributed by atoms with van der Waals surface area (Å²) >= 11 is 0. The Labute approximate surface area is 80.0 Å². The van der Waals surface area contributed by atoms with Crippen LogP contribution in [0.5, 0.6) is 5.75 Å². The molecule has 3 N–H and O–H groups in total. The molecule has 0 heterocycles. The Morgan fingerprint density at radius 1 is 1.85 bits per heavy atom. The molecule has 1 rings (SSSR count). The van der Waals surface area contributed by atoms with Crippen molar-refractivity contribution < 1.29 is 12.6 Å². The molecule has 1 unspecified atom stereocenters. The molecule has 0 aliphatic heterocycles. The van der Waals surface area contributed by atoms with E-state index in [1.54, 1.807) is 12.1 Å². The molecule has 0 amide bonds. The third kappa shape index (κ3) is 2.87. The summed E-state index contributed by atoms with van der Waals surface area (Å²) < 4.78 is 15.3. The Kier molecular flexibility index (Phi) is 2.21. The first kappa shape index (κ1) is 7.09. The summed E-state index contributed by atoms with van der Waals surface area (Å²) in [6.45, 7) is 1.18. The highest BCUT2D eigenvalue weighted by molar-refractivity contribution is 5.81. The minimum Gasteiger partial charge on any atom is -0.508 e. The van der Waals surface area contributed by atoms with Crippen molar-refractivity contribution in [2.45, 2.75) is 19.3 Å². The van der Waals surface area contributed by atoms with Crippen LogP contribution in [0.4, 0.5) is 0 Å². The zero-order valence-electron chi connectivity index (χ0n) is 9.32. The van der Waals surface area contributed by atoms with Gasteiger partial charge in [0.1, 0.15) is 11.5 Å². The minimum absolute atomic E-state index is 0.0101. The first-order valence-corrected chi connectivity index (χ1v) is 3.87. The van der Waals surface area contributed by atoms with Crippen molar-refractivity contribution in [2.24, 2.45) is 5.73 Å². The second-order valence-corrected chi connectivity index (χ2v) is 2.75. The van der Waals surface area contributed by atoms with E-state index in [2.05, 4.69) is 0 Å². The van der Waals surface area contributed by atoms with E-state index in [-0.39, 0.29) is 5.75 Å². The molecule has 0 saturated carbocycles. The standard InChI is InChI=1S/C10H13NO2/c1-7(12)10(11)6-8-3-2-4-9(13)5-8/h2-5,10,13H,6,11H2,1H3/t10-/m0/s1/i6D,10D/t6?,10-. The van der Waals surface area contributed by atoms with Crippen LogP contribution in [-0.2, 0) is 11.2 Å². The van der Waals surface area contributed by atoms with Crippen molar-refractivity contribution in [3.05, 3.63) is 29.8 Å². The van der Waals surface area contributed by atoms with Crippen LogP contribution in [0.15, 0.2) is 24.3 Å². The topological polar surface area (TPSA) is 63.3 Å². The second kappa shape index (κ2) is 4.05. The molecule has 0 fully saturated rings. The molecule has 0 aliphatic carbocycles. The quantitative estimate of drug-likeness (QED) is 0.726. The van der Waals surface area contributed by atoms with Crippen molar-refractivity contribution in [1.82, 2.24) is 0 Å². The van der Waals surface area contributed by atoms with E-state index in [9.17, 15) is 9.90 Å². The molecular weight excluding hydrogens is 166 g/mol. The van der Waals surface area contributed by atoms with Crippen molar-refractivity contribution in [1.29, 1.82) is 0 Å². The van der Waals surface area contributed by atoms with E-state index in [4.69, 9.17) is 8.48 Å². The molecule has 0 aliphatic rings. The maximum atomic E-state index is 11.1. The average molecular weight is 181 g/mol. The van der Waals surface area contributed by atoms with Crippen molar-refractivity contribution >= 4 is 5.78 Å². The molecule has 1 aromatic carbocycles. The summed E-state index contributed by atoms with van der Waals surface area (Å²) in [4.78, 5) is 11.1. The fourth-order valence-electron chi connectivity index (χ4n) is 0.896. The van der Waals surface area contributed by atoms with E-state index in [1.807, 2.05) is 0 Å². The SMILES string of the molecule is [2H]C(c1cccc(O)c1)[C@]([2H])(N)C(C)=O. The molecule has 0 radical (unpaired) electrons. The number of carbonyl (C=O) groups excluding carboxylic acids is 1. The van der Waals surface area contributed by atoms with Gasteiger partial charge in [-0.25, -0.2) is 0 Å². The van der Waals surface area contributed by atoms with Crippen molar-refractivity contribution in [3.8, 4) is 5.75 Å². The highest BCUT2D eigenvalue weighted by atomic mass is 16.3. The van der Waals surface area contributed by atoms with Gasteiger partial charge in [0.15, 0.2) is 0 Å². The van der Waals surface area contributed by atoms with Gasteiger partial charge in [-0.1, -0.05) is 12.1 Å². The highest BCUT2D eigenvalue weighted by Gasteiger charge is 2.08. The van der Waals surface area contributed by atoms with Crippen LogP contribution in [0, 0.1) is 0 Å². The zero-order valence-corrected chi connectivity index (χ0v) is 7.32. The van der Waals surface area contributed by atoms with Crippen LogP contribution in [-0.4, -0.2) is 16.9 Å². The molecule has 0 bridgehead atoms. The molecule has 0 aromatic heterocycles. The van der Waals surface area contributed by atoms with E-state index >= 15 is 0 Å². The number of hydrogen-bond donors (Lipinski definition) is 2. The van der Waals surface area contributed by atoms with Gasteiger partial charge in [-0.15, -0.1) is 0 Å². The number of phenols is 1. The summed E-state index contributed by atoms with van der Waals surface area (Å²) in [5, 5.41) is 9.20. The fourth-order valence-corrected chi connectivity index (χ4v) is 0.896. The van der Waals surface area contributed by atoms with Gasteiger partial charge in [0.25, 0.3) is 0 Å². The third-order valence-corrected chi connectivity index (χ3v) is 1.60. The van der Waals surface area contributed by atoms with Gasteiger partial charge >= 0.3 is 0 Å². The maximum Gasteiger partial charge on any atom is 0.146 e. The lowest BCUT2D eigenvalue weighted by atomic mass is 10.0. The van der Waals surface area contributed by atoms with Crippen LogP contribution < -0.4 is 5.73 Å². The number of aromatic hydroxyl groups is 1. The fraction of sp³-hybridized carbons (Fsp3) is 0.300. The minimum atomic E-state index is -1.98. The summed E-state index contributed by atoms with van der Waals surface area (Å²) in [5.74, 6) is -0.588. The van der Waals surface area contributed by atoms with Gasteiger partial charge in [-0.2, -0.15) is 0 Å². The molecule has 0 spiro atoms. The van der Waals surface area contributed by atoms with E-state index < -0.39 is 18.2 Å². The monoisotopic (exact) mass is 181 g/mol. The predicted molar refractivity (Wildman–Crippen MR) is 50.5 cm³/mol. The molecule has 3 nitrogen and oxygen atoms in total. The Balaban J connectivity index is 3.04. The first-order valence-electron chi connectivity index (χ1n) is 4.94. The molecular formula is C10H13NO2. The van der Waals surface area contributed by atoms with Gasteiger partial charge in [0.2, 0.25) is 0 Å². The maximum absolute atomic E-state index is 11.1. The Morgan fingerprint density at radius 2 is 2.54 bits per heavy atom. The number of rotatable bonds is 3. The summed E-state index contributed by atoms with van der Waals surface area (Å²) in [6.07, 6.45) is -1.21. The summed E-state index contributed by atoms with van der Waals surface area (Å²) in [5.41, 5.74) is 5.78. The average Bonchev–Trinajstić information content (AvgIpc) is 2.16. The van der Waals surface area contributed by atoms with E-state index in [0.29, 0.717) is 5.56 Å². The van der Waals surface area contributed by atoms with E-state index in [1.165, 1.54) is 19.1 Å². The number of carbonyl (C=O) groups is 1. The van der Waals surface area contributed by atoms with Crippen molar-refractivity contribution in [3.63, 3.8) is 0 Å². The number of Topliss-reactive ketones (excluding diaryl/α,β-unsaturated/α-hetero) is 1. The lowest BCUT2D eigenvalue weighted by Crippen LogP contribution is -2.30. The molecule has 3 heteroatoms. The van der Waals surface area contributed by atoms with Gasteiger partial charge < -0.3 is 10.8 Å². The lowest BCUT2D eigenvalue weighted by Gasteiger charge is -2.07. The smallest absolute Gasteiger partial charge is 0.146 e. The normalized spacial score (nSPS) is 19.5. The van der Waals surface area contributed by atoms with Crippen LogP contribution >= 0.6 is 0 Å². The molecule has 70 valence electrons. The van der Waals surface area contributed by atoms with Crippen LogP contribution in [0.1, 0.15) is 15.2 Å². The molecule has 13 heavy (non-hydrogen) atoms. The van der Waals surface area contributed by atoms with Gasteiger partial charge in [-0.05, 0) is 31.0 Å². The molecule has 1 aromatic rings. The molecule has 0 saturated heterocycles. The predicted octanol–water partition coefficient (Wildman–Crippen LogP) is 0.851. The van der Waals surface area contributed by atoms with Crippen LogP contribution in [0.3, 0.4) is 0 Å². The lowest BCUT2D eigenvalue weighted by molar-refractivity contribution is -0.118.